The summed E-state index contributed by atoms with van der Waals surface area (Å²) >= 11 is 9.75. The van der Waals surface area contributed by atoms with E-state index < -0.39 is 0 Å². The normalized spacial score (nSPS) is 14.4. The van der Waals surface area contributed by atoms with E-state index in [1.54, 1.807) is 6.21 Å². The molecular formula is C24H22BrClN2O2. The van der Waals surface area contributed by atoms with Gasteiger partial charge in [0.1, 0.15) is 5.75 Å². The largest absolute Gasteiger partial charge is 0.506 e. The van der Waals surface area contributed by atoms with Crippen LogP contribution in [-0.4, -0.2) is 37.6 Å². The number of hydrogen-bond donors (Lipinski definition) is 1. The van der Waals surface area contributed by atoms with Gasteiger partial charge in [-0.2, -0.15) is 0 Å². The number of ether oxygens (including phenoxy) is 1. The summed E-state index contributed by atoms with van der Waals surface area (Å²) in [6, 6.07) is 19.7. The van der Waals surface area contributed by atoms with Crippen LogP contribution in [0.25, 0.3) is 0 Å². The molecule has 3 aromatic carbocycles. The van der Waals surface area contributed by atoms with Crippen LogP contribution in [0.1, 0.15) is 16.7 Å². The maximum Gasteiger partial charge on any atom is 0.138 e. The summed E-state index contributed by atoms with van der Waals surface area (Å²) < 4.78 is 6.04. The second kappa shape index (κ2) is 9.65. The van der Waals surface area contributed by atoms with Gasteiger partial charge < -0.3 is 14.7 Å². The monoisotopic (exact) mass is 484 g/mol. The number of benzene rings is 3. The molecule has 0 aliphatic carbocycles. The van der Waals surface area contributed by atoms with E-state index >= 15 is 0 Å². The topological polar surface area (TPSA) is 45.1 Å². The number of hydrogen-bond acceptors (Lipinski definition) is 4. The number of phenolic OH excluding ortho intramolecular Hbond substituents is 1. The van der Waals surface area contributed by atoms with Crippen LogP contribution in [0.3, 0.4) is 0 Å². The fourth-order valence-corrected chi connectivity index (χ4v) is 4.18. The molecule has 1 aliphatic rings. The predicted molar refractivity (Wildman–Crippen MR) is 127 cm³/mol. The molecule has 4 rings (SSSR count). The molecular weight excluding hydrogens is 464 g/mol. The van der Waals surface area contributed by atoms with Crippen molar-refractivity contribution >= 4 is 45.1 Å². The van der Waals surface area contributed by atoms with Crippen LogP contribution in [0.5, 0.6) is 5.75 Å². The van der Waals surface area contributed by atoms with Crippen LogP contribution in [0.4, 0.5) is 11.4 Å². The number of phenols is 1. The Morgan fingerprint density at radius 2 is 1.80 bits per heavy atom. The number of nitrogens with zero attached hydrogens (tertiary/aromatic N) is 2. The van der Waals surface area contributed by atoms with Crippen LogP contribution in [-0.2, 0) is 11.2 Å². The lowest BCUT2D eigenvalue weighted by Gasteiger charge is -2.28. The van der Waals surface area contributed by atoms with E-state index in [4.69, 9.17) is 16.3 Å². The standard InChI is InChI=1S/C24H22BrClN2O2/c25-22-15-17(13-18-3-1-2-4-23(18)26)14-19(24(22)29)16-27-20-5-7-21(8-6-20)28-9-11-30-12-10-28/h1-8,14-16,29H,9-13H2. The molecule has 1 aliphatic heterocycles. The van der Waals surface area contributed by atoms with Crippen molar-refractivity contribution in [1.29, 1.82) is 0 Å². The molecule has 1 N–H and O–H groups in total. The molecule has 1 saturated heterocycles. The lowest BCUT2D eigenvalue weighted by molar-refractivity contribution is 0.122. The number of aliphatic imine (C=N–C) groups is 1. The highest BCUT2D eigenvalue weighted by Crippen LogP contribution is 2.31. The average molecular weight is 486 g/mol. The highest BCUT2D eigenvalue weighted by Gasteiger charge is 2.11. The Labute approximate surface area is 189 Å². The quantitative estimate of drug-likeness (QED) is 0.452. The Morgan fingerprint density at radius 3 is 2.53 bits per heavy atom. The molecule has 0 radical (unpaired) electrons. The van der Waals surface area contributed by atoms with E-state index in [0.717, 1.165) is 48.1 Å². The van der Waals surface area contributed by atoms with Crippen LogP contribution in [0, 0.1) is 0 Å². The molecule has 0 unspecified atom stereocenters. The minimum absolute atomic E-state index is 0.173. The molecule has 0 atom stereocenters. The first kappa shape index (κ1) is 20.9. The van der Waals surface area contributed by atoms with Crippen LogP contribution < -0.4 is 4.90 Å². The highest BCUT2D eigenvalue weighted by atomic mass is 79.9. The van der Waals surface area contributed by atoms with E-state index in [2.05, 4.69) is 38.0 Å². The van der Waals surface area contributed by atoms with Gasteiger partial charge in [-0.15, -0.1) is 0 Å². The predicted octanol–water partition coefficient (Wildman–Crippen LogP) is 5.99. The molecule has 6 heteroatoms. The van der Waals surface area contributed by atoms with Crippen molar-refractivity contribution in [3.05, 3.63) is 86.8 Å². The van der Waals surface area contributed by atoms with Crippen LogP contribution >= 0.6 is 27.5 Å². The minimum Gasteiger partial charge on any atom is -0.506 e. The number of halogens is 2. The second-order valence-electron chi connectivity index (χ2n) is 7.16. The zero-order chi connectivity index (χ0) is 20.9. The van der Waals surface area contributed by atoms with E-state index in [-0.39, 0.29) is 5.75 Å². The van der Waals surface area contributed by atoms with Crippen molar-refractivity contribution in [2.75, 3.05) is 31.2 Å². The van der Waals surface area contributed by atoms with Gasteiger partial charge in [-0.25, -0.2) is 0 Å². The van der Waals surface area contributed by atoms with E-state index in [0.29, 0.717) is 16.5 Å². The van der Waals surface area contributed by atoms with E-state index in [1.165, 1.54) is 5.69 Å². The van der Waals surface area contributed by atoms with Gasteiger partial charge in [0.25, 0.3) is 0 Å². The molecule has 1 heterocycles. The van der Waals surface area contributed by atoms with Crippen molar-refractivity contribution in [3.8, 4) is 5.75 Å². The Kier molecular flexibility index (Phi) is 6.72. The smallest absolute Gasteiger partial charge is 0.138 e. The number of anilines is 1. The summed E-state index contributed by atoms with van der Waals surface area (Å²) in [7, 11) is 0. The van der Waals surface area contributed by atoms with Crippen molar-refractivity contribution in [3.63, 3.8) is 0 Å². The fraction of sp³-hybridized carbons (Fsp3) is 0.208. The summed E-state index contributed by atoms with van der Waals surface area (Å²) in [5.74, 6) is 0.173. The van der Waals surface area contributed by atoms with Gasteiger partial charge in [0.2, 0.25) is 0 Å². The molecule has 0 saturated carbocycles. The fourth-order valence-electron chi connectivity index (χ4n) is 3.46. The first-order valence-electron chi connectivity index (χ1n) is 9.82. The summed E-state index contributed by atoms with van der Waals surface area (Å²) in [5, 5.41) is 11.2. The number of rotatable bonds is 5. The van der Waals surface area contributed by atoms with Crippen LogP contribution in [0.2, 0.25) is 5.02 Å². The lowest BCUT2D eigenvalue weighted by atomic mass is 10.0. The van der Waals surface area contributed by atoms with Gasteiger partial charge in [-0.05, 0) is 75.9 Å². The number of aromatic hydroxyl groups is 1. The third kappa shape index (κ3) is 5.04. The maximum absolute atomic E-state index is 10.5. The molecule has 0 bridgehead atoms. The summed E-state index contributed by atoms with van der Waals surface area (Å²) in [6.07, 6.45) is 2.37. The molecule has 154 valence electrons. The molecule has 1 fully saturated rings. The molecule has 3 aromatic rings. The number of morpholine rings is 1. The van der Waals surface area contributed by atoms with Gasteiger partial charge in [0.05, 0.1) is 23.4 Å². The Hall–Kier alpha value is -2.34. The minimum atomic E-state index is 0.173. The third-order valence-electron chi connectivity index (χ3n) is 5.08. The zero-order valence-corrected chi connectivity index (χ0v) is 18.7. The average Bonchev–Trinajstić information content (AvgIpc) is 2.78. The molecule has 0 amide bonds. The summed E-state index contributed by atoms with van der Waals surface area (Å²) in [4.78, 5) is 6.86. The van der Waals surface area contributed by atoms with Gasteiger partial charge in [0.15, 0.2) is 0 Å². The van der Waals surface area contributed by atoms with Gasteiger partial charge in [-0.1, -0.05) is 29.8 Å². The van der Waals surface area contributed by atoms with Gasteiger partial charge in [-0.3, -0.25) is 4.99 Å². The van der Waals surface area contributed by atoms with E-state index in [1.807, 2.05) is 48.5 Å². The Balaban J connectivity index is 1.52. The second-order valence-corrected chi connectivity index (χ2v) is 8.42. The summed E-state index contributed by atoms with van der Waals surface area (Å²) in [5.41, 5.74) is 4.74. The molecule has 0 aromatic heterocycles. The van der Waals surface area contributed by atoms with Crippen LogP contribution in [0.15, 0.2) is 70.1 Å². The van der Waals surface area contributed by atoms with Crippen molar-refractivity contribution in [2.24, 2.45) is 4.99 Å². The highest BCUT2D eigenvalue weighted by molar-refractivity contribution is 9.10. The van der Waals surface area contributed by atoms with Gasteiger partial charge in [0, 0.05) is 35.6 Å². The van der Waals surface area contributed by atoms with Crippen molar-refractivity contribution in [1.82, 2.24) is 0 Å². The van der Waals surface area contributed by atoms with Gasteiger partial charge >= 0.3 is 0 Å². The SMILES string of the molecule is Oc1c(Br)cc(Cc2ccccc2Cl)cc1C=Nc1ccc(N2CCOCC2)cc1. The Bertz CT molecular complexity index is 1050. The molecule has 30 heavy (non-hydrogen) atoms. The Morgan fingerprint density at radius 1 is 1.07 bits per heavy atom. The maximum atomic E-state index is 10.5. The molecule has 0 spiro atoms. The third-order valence-corrected chi connectivity index (χ3v) is 6.06. The first-order chi connectivity index (χ1) is 14.6. The lowest BCUT2D eigenvalue weighted by Crippen LogP contribution is -2.36. The molecule has 4 nitrogen and oxygen atoms in total. The zero-order valence-electron chi connectivity index (χ0n) is 16.4. The van der Waals surface area contributed by atoms with Crippen molar-refractivity contribution < 1.29 is 9.84 Å². The van der Waals surface area contributed by atoms with E-state index in [9.17, 15) is 5.11 Å². The summed E-state index contributed by atoms with van der Waals surface area (Å²) in [6.45, 7) is 3.34. The first-order valence-corrected chi connectivity index (χ1v) is 11.0. The van der Waals surface area contributed by atoms with Crippen molar-refractivity contribution in [2.45, 2.75) is 6.42 Å².